The van der Waals surface area contributed by atoms with E-state index in [4.69, 9.17) is 14.2 Å². The number of benzene rings is 2. The van der Waals surface area contributed by atoms with Gasteiger partial charge in [0.05, 0.1) is 7.11 Å². The minimum absolute atomic E-state index is 0.0845. The number of carbonyl (C=O) groups is 3. The second kappa shape index (κ2) is 11.3. The summed E-state index contributed by atoms with van der Waals surface area (Å²) in [5.41, 5.74) is 0.974. The third kappa shape index (κ3) is 5.40. The summed E-state index contributed by atoms with van der Waals surface area (Å²) >= 11 is 0. The van der Waals surface area contributed by atoms with E-state index in [2.05, 4.69) is 5.32 Å². The van der Waals surface area contributed by atoms with Gasteiger partial charge in [0.25, 0.3) is 11.8 Å². The van der Waals surface area contributed by atoms with Crippen LogP contribution in [0.2, 0.25) is 0 Å². The smallest absolute Gasteiger partial charge is 0.253 e. The van der Waals surface area contributed by atoms with Gasteiger partial charge in [-0.1, -0.05) is 6.07 Å². The van der Waals surface area contributed by atoms with Gasteiger partial charge in [0.15, 0.2) is 11.5 Å². The number of methoxy groups -OCH3 is 1. The van der Waals surface area contributed by atoms with Crippen LogP contribution in [0.5, 0.6) is 17.2 Å². The maximum Gasteiger partial charge on any atom is 0.253 e. The molecule has 2 aromatic carbocycles. The molecule has 0 spiro atoms. The van der Waals surface area contributed by atoms with Crippen molar-refractivity contribution in [2.45, 2.75) is 32.7 Å². The Morgan fingerprint density at radius 2 is 1.75 bits per heavy atom. The first kappa shape index (κ1) is 25.3. The summed E-state index contributed by atoms with van der Waals surface area (Å²) in [6, 6.07) is 11.4. The molecule has 2 heterocycles. The first-order valence-corrected chi connectivity index (χ1v) is 12.4. The fourth-order valence-electron chi connectivity index (χ4n) is 4.75. The lowest BCUT2D eigenvalue weighted by atomic mass is 9.87. The first-order chi connectivity index (χ1) is 17.4. The van der Waals surface area contributed by atoms with Crippen LogP contribution in [0.25, 0.3) is 0 Å². The highest BCUT2D eigenvalue weighted by molar-refractivity contribution is 5.98. The minimum atomic E-state index is -0.675. The maximum atomic E-state index is 13.4. The molecule has 1 fully saturated rings. The van der Waals surface area contributed by atoms with Crippen LogP contribution in [0, 0.1) is 5.92 Å². The van der Waals surface area contributed by atoms with Gasteiger partial charge < -0.3 is 29.3 Å². The SMILES string of the molecule is CCN(CC)C(=O)[C@H](NC(=O)c1cccc(OC)c1)C1CCN(C(=O)c2ccc3c(c2)OCO3)CC1. The Labute approximate surface area is 211 Å². The summed E-state index contributed by atoms with van der Waals surface area (Å²) in [5, 5.41) is 2.99. The fraction of sp³-hybridized carbons (Fsp3) is 0.444. The van der Waals surface area contributed by atoms with Crippen LogP contribution in [0.15, 0.2) is 42.5 Å². The number of ether oxygens (including phenoxy) is 3. The Balaban J connectivity index is 1.46. The van der Waals surface area contributed by atoms with Crippen molar-refractivity contribution in [3.8, 4) is 17.2 Å². The van der Waals surface area contributed by atoms with Gasteiger partial charge >= 0.3 is 0 Å². The molecule has 0 unspecified atom stereocenters. The van der Waals surface area contributed by atoms with Gasteiger partial charge in [-0.3, -0.25) is 14.4 Å². The highest BCUT2D eigenvalue weighted by Crippen LogP contribution is 2.33. The number of hydrogen-bond acceptors (Lipinski definition) is 6. The van der Waals surface area contributed by atoms with Crippen LogP contribution in [0.1, 0.15) is 47.4 Å². The van der Waals surface area contributed by atoms with Crippen molar-refractivity contribution in [1.29, 1.82) is 0 Å². The minimum Gasteiger partial charge on any atom is -0.497 e. The number of fused-ring (bicyclic) bond motifs is 1. The van der Waals surface area contributed by atoms with Crippen molar-refractivity contribution in [2.24, 2.45) is 5.92 Å². The lowest BCUT2D eigenvalue weighted by Crippen LogP contribution is -2.54. The number of carbonyl (C=O) groups excluding carboxylic acids is 3. The van der Waals surface area contributed by atoms with Gasteiger partial charge in [-0.25, -0.2) is 0 Å². The Bertz CT molecular complexity index is 1110. The number of hydrogen-bond donors (Lipinski definition) is 1. The van der Waals surface area contributed by atoms with Gasteiger partial charge in [0, 0.05) is 37.3 Å². The molecule has 2 aliphatic heterocycles. The molecule has 9 heteroatoms. The lowest BCUT2D eigenvalue weighted by molar-refractivity contribution is -0.134. The van der Waals surface area contributed by atoms with Crippen molar-refractivity contribution in [2.75, 3.05) is 40.1 Å². The van der Waals surface area contributed by atoms with Gasteiger partial charge in [0.2, 0.25) is 12.7 Å². The van der Waals surface area contributed by atoms with Crippen molar-refractivity contribution >= 4 is 17.7 Å². The monoisotopic (exact) mass is 495 g/mol. The highest BCUT2D eigenvalue weighted by atomic mass is 16.7. The molecule has 36 heavy (non-hydrogen) atoms. The second-order valence-corrected chi connectivity index (χ2v) is 8.89. The molecule has 9 nitrogen and oxygen atoms in total. The largest absolute Gasteiger partial charge is 0.497 e. The average molecular weight is 496 g/mol. The standard InChI is InChI=1S/C27H33N3O6/c1-4-29(5-2)27(33)24(28-25(31)19-7-6-8-21(15-19)34-3)18-11-13-30(14-12-18)26(32)20-9-10-22-23(16-20)36-17-35-22/h6-10,15-16,18,24H,4-5,11-14,17H2,1-3H3,(H,28,31)/t24-/m1/s1. The number of piperidine rings is 1. The van der Waals surface area contributed by atoms with E-state index in [1.165, 1.54) is 0 Å². The third-order valence-corrected chi connectivity index (χ3v) is 6.88. The number of amides is 3. The van der Waals surface area contributed by atoms with E-state index in [0.29, 0.717) is 67.4 Å². The quantitative estimate of drug-likeness (QED) is 0.605. The summed E-state index contributed by atoms with van der Waals surface area (Å²) in [6.45, 7) is 6.11. The molecule has 3 amide bonds. The Morgan fingerprint density at radius 3 is 2.44 bits per heavy atom. The van der Waals surface area contributed by atoms with Crippen LogP contribution >= 0.6 is 0 Å². The van der Waals surface area contributed by atoms with E-state index in [0.717, 1.165) is 0 Å². The normalized spacial score (nSPS) is 15.8. The molecule has 0 bridgehead atoms. The van der Waals surface area contributed by atoms with Crippen LogP contribution in [-0.4, -0.2) is 73.6 Å². The molecular formula is C27H33N3O6. The van der Waals surface area contributed by atoms with E-state index in [-0.39, 0.29) is 30.4 Å². The zero-order valence-electron chi connectivity index (χ0n) is 21.0. The number of likely N-dealkylation sites (tertiary alicyclic amines) is 1. The molecule has 4 rings (SSSR count). The average Bonchev–Trinajstić information content (AvgIpc) is 3.40. The predicted molar refractivity (Wildman–Crippen MR) is 133 cm³/mol. The fourth-order valence-corrected chi connectivity index (χ4v) is 4.75. The Hall–Kier alpha value is -3.75. The topological polar surface area (TPSA) is 97.4 Å². The highest BCUT2D eigenvalue weighted by Gasteiger charge is 2.36. The summed E-state index contributed by atoms with van der Waals surface area (Å²) in [6.07, 6.45) is 1.21. The summed E-state index contributed by atoms with van der Waals surface area (Å²) in [4.78, 5) is 43.1. The molecule has 1 N–H and O–H groups in total. The second-order valence-electron chi connectivity index (χ2n) is 8.89. The first-order valence-electron chi connectivity index (χ1n) is 12.4. The molecule has 2 aliphatic rings. The number of nitrogens with one attached hydrogen (secondary N) is 1. The molecule has 0 aromatic heterocycles. The van der Waals surface area contributed by atoms with E-state index >= 15 is 0 Å². The number of likely N-dealkylation sites (N-methyl/N-ethyl adjacent to an activating group) is 1. The summed E-state index contributed by atoms with van der Waals surface area (Å²) in [7, 11) is 1.54. The molecule has 1 atom stereocenters. The van der Waals surface area contributed by atoms with Crippen LogP contribution in [-0.2, 0) is 4.79 Å². The van der Waals surface area contributed by atoms with Crippen LogP contribution in [0.3, 0.4) is 0 Å². The maximum absolute atomic E-state index is 13.4. The van der Waals surface area contributed by atoms with Crippen LogP contribution in [0.4, 0.5) is 0 Å². The van der Waals surface area contributed by atoms with Gasteiger partial charge in [-0.15, -0.1) is 0 Å². The molecule has 192 valence electrons. The number of nitrogens with zero attached hydrogens (tertiary/aromatic N) is 2. The molecule has 0 saturated carbocycles. The zero-order valence-corrected chi connectivity index (χ0v) is 21.0. The van der Waals surface area contributed by atoms with Gasteiger partial charge in [0.1, 0.15) is 11.8 Å². The molecule has 0 radical (unpaired) electrons. The Kier molecular flexibility index (Phi) is 7.97. The van der Waals surface area contributed by atoms with E-state index in [9.17, 15) is 14.4 Å². The molecular weight excluding hydrogens is 462 g/mol. The van der Waals surface area contributed by atoms with E-state index in [1.54, 1.807) is 59.4 Å². The van der Waals surface area contributed by atoms with Crippen molar-refractivity contribution < 1.29 is 28.6 Å². The summed E-state index contributed by atoms with van der Waals surface area (Å²) < 4.78 is 16.0. The van der Waals surface area contributed by atoms with Gasteiger partial charge in [-0.05, 0) is 69.0 Å². The summed E-state index contributed by atoms with van der Waals surface area (Å²) in [5.74, 6) is 1.18. The molecule has 2 aromatic rings. The zero-order chi connectivity index (χ0) is 25.7. The van der Waals surface area contributed by atoms with Crippen LogP contribution < -0.4 is 19.5 Å². The molecule has 0 aliphatic carbocycles. The van der Waals surface area contributed by atoms with Crippen molar-refractivity contribution in [3.63, 3.8) is 0 Å². The third-order valence-electron chi connectivity index (χ3n) is 6.88. The van der Waals surface area contributed by atoms with Gasteiger partial charge in [-0.2, -0.15) is 0 Å². The predicted octanol–water partition coefficient (Wildman–Crippen LogP) is 2.94. The Morgan fingerprint density at radius 1 is 1.03 bits per heavy atom. The van der Waals surface area contributed by atoms with Crippen molar-refractivity contribution in [3.05, 3.63) is 53.6 Å². The molecule has 1 saturated heterocycles. The van der Waals surface area contributed by atoms with E-state index in [1.807, 2.05) is 13.8 Å². The van der Waals surface area contributed by atoms with Crippen molar-refractivity contribution in [1.82, 2.24) is 15.1 Å². The number of rotatable bonds is 8. The van der Waals surface area contributed by atoms with E-state index < -0.39 is 6.04 Å². The lowest BCUT2D eigenvalue weighted by Gasteiger charge is -2.37.